The zero-order chi connectivity index (χ0) is 32.5. The Morgan fingerprint density at radius 3 is 1.67 bits per heavy atom. The summed E-state index contributed by atoms with van der Waals surface area (Å²) in [5.41, 5.74) is 4.17. The van der Waals surface area contributed by atoms with Crippen molar-refractivity contribution in [3.8, 4) is 0 Å². The molecule has 0 bridgehead atoms. The lowest BCUT2D eigenvalue weighted by molar-refractivity contribution is -0.201. The molecule has 10 nitrogen and oxygen atoms in total. The molecule has 1 heterocycles. The first-order valence-electron chi connectivity index (χ1n) is 13.6. The summed E-state index contributed by atoms with van der Waals surface area (Å²) in [6.07, 6.45) is 5.19. The average molecular weight is 770 g/mol. The molecule has 3 rings (SSSR count). The van der Waals surface area contributed by atoms with E-state index < -0.39 is 47.3 Å². The third-order valence-corrected chi connectivity index (χ3v) is 12.7. The largest absolute Gasteiger partial charge is 0.480 e. The molecule has 1 aliphatic rings. The number of hydrogen-bond acceptors (Lipinski definition) is 8. The topological polar surface area (TPSA) is 153 Å². The fourth-order valence-electron chi connectivity index (χ4n) is 4.02. The molecule has 1 amide bonds. The summed E-state index contributed by atoms with van der Waals surface area (Å²) in [5.74, 6) is -1.97. The van der Waals surface area contributed by atoms with Crippen LogP contribution >= 0.6 is 31.9 Å². The molecule has 2 aromatic rings. The van der Waals surface area contributed by atoms with E-state index in [0.29, 0.717) is 25.9 Å². The van der Waals surface area contributed by atoms with Crippen molar-refractivity contribution in [2.24, 2.45) is 0 Å². The molecule has 240 valence electrons. The van der Waals surface area contributed by atoms with Gasteiger partial charge in [0.25, 0.3) is 5.91 Å². The smallest absolute Gasteiger partial charge is 0.324 e. The number of hydrogen-bond donors (Lipinski definition) is 2. The molecular weight excluding hydrogens is 730 g/mol. The van der Waals surface area contributed by atoms with Crippen LogP contribution in [0.3, 0.4) is 0 Å². The van der Waals surface area contributed by atoms with Crippen LogP contribution in [0.4, 0.5) is 0 Å². The molecule has 1 aliphatic heterocycles. The van der Waals surface area contributed by atoms with Crippen molar-refractivity contribution in [1.29, 1.82) is 0 Å². The van der Waals surface area contributed by atoms with Crippen LogP contribution in [0.5, 0.6) is 0 Å². The minimum absolute atomic E-state index is 0.0583. The Morgan fingerprint density at radius 2 is 1.30 bits per heavy atom. The molecule has 2 N–H and O–H groups in total. The monoisotopic (exact) mass is 767 g/mol. The number of carboxylic acid groups (broad SMARTS) is 1. The van der Waals surface area contributed by atoms with E-state index in [9.17, 15) is 26.4 Å². The average Bonchev–Trinajstić information content (AvgIpc) is 2.94. The lowest BCUT2D eigenvalue weighted by Crippen LogP contribution is -2.51. The highest BCUT2D eigenvalue weighted by Crippen LogP contribution is 2.26. The zero-order valence-electron chi connectivity index (χ0n) is 24.6. The number of rotatable bonds is 12. The van der Waals surface area contributed by atoms with Crippen molar-refractivity contribution in [1.82, 2.24) is 5.48 Å². The van der Waals surface area contributed by atoms with Crippen LogP contribution in [0.25, 0.3) is 0 Å². The SMILES string of the molecule is C[C@@](CCc1ccc(Br)cc1)(C(=O)NOC1CCCCO1)S(C)(=O)=O.C[C@@](CCc1ccc(Br)cc1)(C(=O)O)S(C)(=O)=O. The highest BCUT2D eigenvalue weighted by Gasteiger charge is 2.44. The molecule has 1 fully saturated rings. The number of amides is 1. The Morgan fingerprint density at radius 1 is 0.860 bits per heavy atom. The lowest BCUT2D eigenvalue weighted by Gasteiger charge is -2.28. The summed E-state index contributed by atoms with van der Waals surface area (Å²) < 4.78 is 51.6. The molecule has 14 heteroatoms. The lowest BCUT2D eigenvalue weighted by atomic mass is 10.00. The van der Waals surface area contributed by atoms with Crippen LogP contribution in [-0.2, 0) is 51.7 Å². The number of carbonyl (C=O) groups is 2. The van der Waals surface area contributed by atoms with Crippen molar-refractivity contribution in [3.05, 3.63) is 68.6 Å². The van der Waals surface area contributed by atoms with Gasteiger partial charge in [-0.15, -0.1) is 0 Å². The molecule has 0 aromatic heterocycles. The maximum atomic E-state index is 12.6. The second-order valence-electron chi connectivity index (χ2n) is 10.9. The van der Waals surface area contributed by atoms with Gasteiger partial charge in [-0.05, 0) is 87.8 Å². The number of ether oxygens (including phenoxy) is 1. The Kier molecular flexibility index (Phi) is 13.8. The number of nitrogens with one attached hydrogen (secondary N) is 1. The van der Waals surface area contributed by atoms with Gasteiger partial charge in [0.05, 0.1) is 0 Å². The third-order valence-electron chi connectivity index (χ3n) is 7.60. The van der Waals surface area contributed by atoms with Gasteiger partial charge in [0.15, 0.2) is 30.7 Å². The minimum atomic E-state index is -3.65. The van der Waals surface area contributed by atoms with E-state index >= 15 is 0 Å². The highest BCUT2D eigenvalue weighted by molar-refractivity contribution is 9.10. The first-order valence-corrected chi connectivity index (χ1v) is 18.9. The molecule has 1 unspecified atom stereocenters. The van der Waals surface area contributed by atoms with Gasteiger partial charge in [-0.2, -0.15) is 0 Å². The molecule has 2 aromatic carbocycles. The fourth-order valence-corrected chi connectivity index (χ4v) is 6.19. The van der Waals surface area contributed by atoms with Gasteiger partial charge in [0.1, 0.15) is 4.75 Å². The van der Waals surface area contributed by atoms with Crippen LogP contribution in [0.15, 0.2) is 57.5 Å². The standard InChI is InChI=1S/C17H24BrNO5S.C12H15BrO4S/c1-17(25(2,21)22,11-10-13-6-8-14(18)9-7-13)16(20)19-24-15-5-3-4-12-23-15;1-12(11(14)15,18(2,16)17)8-7-9-3-5-10(13)6-4-9/h6-9,15H,3-5,10-12H2,1-2H3,(H,19,20);3-6H,7-8H2,1-2H3,(H,14,15)/t15?,17-;12-/m11/s1. The molecular formula is C29H39Br2NO9S2. The van der Waals surface area contributed by atoms with Gasteiger partial charge < -0.3 is 9.84 Å². The van der Waals surface area contributed by atoms with Crippen LogP contribution in [0.2, 0.25) is 0 Å². The van der Waals surface area contributed by atoms with E-state index in [4.69, 9.17) is 14.7 Å². The van der Waals surface area contributed by atoms with Gasteiger partial charge in [0.2, 0.25) is 0 Å². The summed E-state index contributed by atoms with van der Waals surface area (Å²) >= 11 is 6.66. The number of aliphatic carboxylic acids is 1. The van der Waals surface area contributed by atoms with Crippen LogP contribution in [0.1, 0.15) is 57.1 Å². The summed E-state index contributed by atoms with van der Waals surface area (Å²) in [6, 6.07) is 14.9. The van der Waals surface area contributed by atoms with Crippen LogP contribution in [-0.4, -0.2) is 68.7 Å². The first kappa shape index (κ1) is 37.3. The molecule has 0 spiro atoms. The fraction of sp³-hybridized carbons (Fsp3) is 0.517. The van der Waals surface area contributed by atoms with Gasteiger partial charge in [-0.25, -0.2) is 27.2 Å². The van der Waals surface area contributed by atoms with E-state index in [-0.39, 0.29) is 12.8 Å². The van der Waals surface area contributed by atoms with E-state index in [0.717, 1.165) is 45.4 Å². The normalized spacial score (nSPS) is 18.3. The van der Waals surface area contributed by atoms with Crippen molar-refractivity contribution in [2.75, 3.05) is 19.1 Å². The van der Waals surface area contributed by atoms with Gasteiger partial charge in [0, 0.05) is 34.5 Å². The summed E-state index contributed by atoms with van der Waals surface area (Å²) in [4.78, 5) is 29.0. The van der Waals surface area contributed by atoms with E-state index in [1.54, 1.807) is 0 Å². The maximum absolute atomic E-state index is 12.6. The number of hydroxylamine groups is 1. The Balaban J connectivity index is 0.000000317. The van der Waals surface area contributed by atoms with Gasteiger partial charge in [-0.1, -0.05) is 56.1 Å². The second-order valence-corrected chi connectivity index (χ2v) is 17.6. The summed E-state index contributed by atoms with van der Waals surface area (Å²) in [7, 11) is -7.29. The van der Waals surface area contributed by atoms with Crippen molar-refractivity contribution in [2.45, 2.75) is 74.6 Å². The molecule has 0 radical (unpaired) electrons. The number of halogens is 2. The van der Waals surface area contributed by atoms with Gasteiger partial charge in [-0.3, -0.25) is 9.59 Å². The summed E-state index contributed by atoms with van der Waals surface area (Å²) in [5, 5.41) is 9.10. The molecule has 0 saturated carbocycles. The third kappa shape index (κ3) is 10.9. The zero-order valence-corrected chi connectivity index (χ0v) is 29.4. The Hall–Kier alpha value is -1.84. The van der Waals surface area contributed by atoms with Crippen molar-refractivity contribution in [3.63, 3.8) is 0 Å². The number of carboxylic acids is 1. The van der Waals surface area contributed by atoms with E-state index in [2.05, 4.69) is 37.3 Å². The predicted molar refractivity (Wildman–Crippen MR) is 172 cm³/mol. The quantitative estimate of drug-likeness (QED) is 0.283. The van der Waals surface area contributed by atoms with Crippen LogP contribution < -0.4 is 5.48 Å². The number of carbonyl (C=O) groups excluding carboxylic acids is 1. The number of aryl methyl sites for hydroxylation is 2. The van der Waals surface area contributed by atoms with E-state index in [1.807, 2.05) is 48.5 Å². The predicted octanol–water partition coefficient (Wildman–Crippen LogP) is 5.03. The minimum Gasteiger partial charge on any atom is -0.480 e. The molecule has 3 atom stereocenters. The number of benzene rings is 2. The maximum Gasteiger partial charge on any atom is 0.324 e. The van der Waals surface area contributed by atoms with Crippen LogP contribution in [0, 0.1) is 0 Å². The number of sulfone groups is 2. The second kappa shape index (κ2) is 15.9. The molecule has 0 aliphatic carbocycles. The van der Waals surface area contributed by atoms with Crippen molar-refractivity contribution >= 4 is 63.4 Å². The highest BCUT2D eigenvalue weighted by atomic mass is 79.9. The van der Waals surface area contributed by atoms with Gasteiger partial charge >= 0.3 is 5.97 Å². The Bertz CT molecular complexity index is 1440. The molecule has 1 saturated heterocycles. The molecule has 43 heavy (non-hydrogen) atoms. The van der Waals surface area contributed by atoms with Crippen molar-refractivity contribution < 1.29 is 41.1 Å². The summed E-state index contributed by atoms with van der Waals surface area (Å²) in [6.45, 7) is 3.26. The Labute approximate surface area is 271 Å². The van der Waals surface area contributed by atoms with E-state index in [1.165, 1.54) is 13.8 Å². The first-order chi connectivity index (χ1) is 19.9.